The number of hydrogen-bond donors (Lipinski definition) is 1. The second-order valence-corrected chi connectivity index (χ2v) is 5.68. The molecule has 2 aromatic rings. The lowest BCUT2D eigenvalue weighted by Crippen LogP contribution is -2.31. The summed E-state index contributed by atoms with van der Waals surface area (Å²) in [5.74, 6) is 0.656. The number of ether oxygens (including phenoxy) is 3. The first kappa shape index (κ1) is 18.9. The van der Waals surface area contributed by atoms with Crippen LogP contribution in [0.1, 0.15) is 18.5 Å². The van der Waals surface area contributed by atoms with Crippen molar-refractivity contribution in [3.05, 3.63) is 52.8 Å². The van der Waals surface area contributed by atoms with E-state index in [2.05, 4.69) is 5.32 Å². The van der Waals surface area contributed by atoms with E-state index in [0.29, 0.717) is 17.2 Å². The number of nitrogens with one attached hydrogen (secondary N) is 1. The number of rotatable bonds is 7. The van der Waals surface area contributed by atoms with Crippen LogP contribution >= 0.6 is 11.6 Å². The Hall–Kier alpha value is -2.47. The van der Waals surface area contributed by atoms with Crippen LogP contribution in [0.2, 0.25) is 5.02 Å². The highest BCUT2D eigenvalue weighted by atomic mass is 35.5. The van der Waals surface area contributed by atoms with E-state index in [-0.39, 0.29) is 23.6 Å². The smallest absolute Gasteiger partial charge is 0.258 e. The molecule has 0 aliphatic rings. The Bertz CT molecular complexity index is 754. The van der Waals surface area contributed by atoms with Crippen LogP contribution in [0.4, 0.5) is 4.39 Å². The van der Waals surface area contributed by atoms with Crippen LogP contribution in [0.25, 0.3) is 0 Å². The molecule has 0 bridgehead atoms. The fourth-order valence-electron chi connectivity index (χ4n) is 2.20. The molecule has 1 atom stereocenters. The number of carbonyl (C=O) groups is 1. The standard InChI is InChI=1S/C18H19ClFNO4/c1-11(12-4-7-16(23-2)17(8-12)24-3)21-18(22)10-25-13-5-6-15(20)14(19)9-13/h4-9,11H,10H2,1-3H3,(H,21,22). The van der Waals surface area contributed by atoms with Crippen LogP contribution in [0.5, 0.6) is 17.2 Å². The average Bonchev–Trinajstić information content (AvgIpc) is 2.62. The van der Waals surface area contributed by atoms with Crippen molar-refractivity contribution in [1.82, 2.24) is 5.32 Å². The Morgan fingerprint density at radius 1 is 1.16 bits per heavy atom. The lowest BCUT2D eigenvalue weighted by molar-refractivity contribution is -0.123. The Labute approximate surface area is 150 Å². The van der Waals surface area contributed by atoms with E-state index in [9.17, 15) is 9.18 Å². The molecule has 7 heteroatoms. The predicted molar refractivity (Wildman–Crippen MR) is 93.0 cm³/mol. The van der Waals surface area contributed by atoms with Crippen molar-refractivity contribution in [1.29, 1.82) is 0 Å². The van der Waals surface area contributed by atoms with Crippen molar-refractivity contribution in [3.63, 3.8) is 0 Å². The Balaban J connectivity index is 1.94. The molecule has 0 aromatic heterocycles. The van der Waals surface area contributed by atoms with E-state index in [4.69, 9.17) is 25.8 Å². The minimum absolute atomic E-state index is 0.0587. The molecular weight excluding hydrogens is 349 g/mol. The summed E-state index contributed by atoms with van der Waals surface area (Å²) in [6.07, 6.45) is 0. The van der Waals surface area contributed by atoms with Crippen molar-refractivity contribution in [2.45, 2.75) is 13.0 Å². The highest BCUT2D eigenvalue weighted by molar-refractivity contribution is 6.30. The highest BCUT2D eigenvalue weighted by Crippen LogP contribution is 2.29. The highest BCUT2D eigenvalue weighted by Gasteiger charge is 2.13. The van der Waals surface area contributed by atoms with Crippen LogP contribution in [0.3, 0.4) is 0 Å². The summed E-state index contributed by atoms with van der Waals surface area (Å²) < 4.78 is 28.8. The minimum Gasteiger partial charge on any atom is -0.493 e. The maximum atomic E-state index is 13.1. The number of carbonyl (C=O) groups excluding carboxylic acids is 1. The van der Waals surface area contributed by atoms with E-state index in [1.807, 2.05) is 13.0 Å². The quantitative estimate of drug-likeness (QED) is 0.809. The third kappa shape index (κ3) is 5.00. The number of amides is 1. The molecule has 0 saturated carbocycles. The number of halogens is 2. The molecule has 0 aliphatic carbocycles. The van der Waals surface area contributed by atoms with Gasteiger partial charge in [-0.3, -0.25) is 4.79 Å². The Morgan fingerprint density at radius 2 is 1.88 bits per heavy atom. The van der Waals surface area contributed by atoms with Gasteiger partial charge in [-0.2, -0.15) is 0 Å². The van der Waals surface area contributed by atoms with Crippen molar-refractivity contribution in [2.75, 3.05) is 20.8 Å². The molecule has 0 spiro atoms. The topological polar surface area (TPSA) is 56.8 Å². The third-order valence-electron chi connectivity index (χ3n) is 3.55. The van der Waals surface area contributed by atoms with Gasteiger partial charge in [0.2, 0.25) is 0 Å². The molecule has 2 aromatic carbocycles. The number of benzene rings is 2. The summed E-state index contributed by atoms with van der Waals surface area (Å²) in [5.41, 5.74) is 0.857. The molecule has 1 amide bonds. The van der Waals surface area contributed by atoms with Crippen molar-refractivity contribution in [2.24, 2.45) is 0 Å². The van der Waals surface area contributed by atoms with Crippen LogP contribution in [-0.4, -0.2) is 26.7 Å². The van der Waals surface area contributed by atoms with Crippen LogP contribution in [0.15, 0.2) is 36.4 Å². The fourth-order valence-corrected chi connectivity index (χ4v) is 2.37. The maximum Gasteiger partial charge on any atom is 0.258 e. The van der Waals surface area contributed by atoms with Gasteiger partial charge in [0.15, 0.2) is 18.1 Å². The molecule has 0 heterocycles. The Kier molecular flexibility index (Phi) is 6.47. The zero-order valence-corrected chi connectivity index (χ0v) is 14.9. The molecular formula is C18H19ClFNO4. The van der Waals surface area contributed by atoms with Gasteiger partial charge in [0, 0.05) is 6.07 Å². The lowest BCUT2D eigenvalue weighted by atomic mass is 10.1. The first-order valence-electron chi connectivity index (χ1n) is 7.53. The number of methoxy groups -OCH3 is 2. The molecule has 25 heavy (non-hydrogen) atoms. The van der Waals surface area contributed by atoms with Crippen molar-refractivity contribution < 1.29 is 23.4 Å². The van der Waals surface area contributed by atoms with E-state index < -0.39 is 5.82 Å². The van der Waals surface area contributed by atoms with E-state index in [1.165, 1.54) is 18.2 Å². The molecule has 0 radical (unpaired) electrons. The van der Waals surface area contributed by atoms with Gasteiger partial charge < -0.3 is 19.5 Å². The molecule has 5 nitrogen and oxygen atoms in total. The summed E-state index contributed by atoms with van der Waals surface area (Å²) in [5, 5.41) is 2.76. The third-order valence-corrected chi connectivity index (χ3v) is 3.84. The van der Waals surface area contributed by atoms with E-state index >= 15 is 0 Å². The van der Waals surface area contributed by atoms with Crippen molar-refractivity contribution >= 4 is 17.5 Å². The van der Waals surface area contributed by atoms with Gasteiger partial charge in [-0.05, 0) is 36.8 Å². The second-order valence-electron chi connectivity index (χ2n) is 5.27. The van der Waals surface area contributed by atoms with Gasteiger partial charge in [0.05, 0.1) is 25.3 Å². The molecule has 2 rings (SSSR count). The lowest BCUT2D eigenvalue weighted by Gasteiger charge is -2.17. The SMILES string of the molecule is COc1ccc(C(C)NC(=O)COc2ccc(F)c(Cl)c2)cc1OC. The largest absolute Gasteiger partial charge is 0.493 e. The van der Waals surface area contributed by atoms with E-state index in [1.54, 1.807) is 26.4 Å². The summed E-state index contributed by atoms with van der Waals surface area (Å²) in [4.78, 5) is 12.0. The first-order chi connectivity index (χ1) is 11.9. The second kappa shape index (κ2) is 8.58. The minimum atomic E-state index is -0.541. The molecule has 1 N–H and O–H groups in total. The predicted octanol–water partition coefficient (Wildman–Crippen LogP) is 3.75. The summed E-state index contributed by atoms with van der Waals surface area (Å²) in [7, 11) is 3.11. The van der Waals surface area contributed by atoms with Crippen LogP contribution < -0.4 is 19.5 Å². The van der Waals surface area contributed by atoms with Crippen LogP contribution in [-0.2, 0) is 4.79 Å². The van der Waals surface area contributed by atoms with Gasteiger partial charge >= 0.3 is 0 Å². The molecule has 1 unspecified atom stereocenters. The molecule has 134 valence electrons. The van der Waals surface area contributed by atoms with Gasteiger partial charge in [-0.15, -0.1) is 0 Å². The van der Waals surface area contributed by atoms with Gasteiger partial charge in [0.25, 0.3) is 5.91 Å². The Morgan fingerprint density at radius 3 is 2.52 bits per heavy atom. The average molecular weight is 368 g/mol. The normalized spacial score (nSPS) is 11.6. The molecule has 0 saturated heterocycles. The van der Waals surface area contributed by atoms with Gasteiger partial charge in [-0.1, -0.05) is 17.7 Å². The van der Waals surface area contributed by atoms with Gasteiger partial charge in [0.1, 0.15) is 11.6 Å². The van der Waals surface area contributed by atoms with Gasteiger partial charge in [-0.25, -0.2) is 4.39 Å². The summed E-state index contributed by atoms with van der Waals surface area (Å²) in [6.45, 7) is 1.63. The fraction of sp³-hybridized carbons (Fsp3) is 0.278. The van der Waals surface area contributed by atoms with Crippen LogP contribution in [0, 0.1) is 5.82 Å². The molecule has 0 fully saturated rings. The zero-order valence-electron chi connectivity index (χ0n) is 14.1. The first-order valence-corrected chi connectivity index (χ1v) is 7.91. The number of hydrogen-bond acceptors (Lipinski definition) is 4. The van der Waals surface area contributed by atoms with E-state index in [0.717, 1.165) is 5.56 Å². The van der Waals surface area contributed by atoms with Crippen molar-refractivity contribution in [3.8, 4) is 17.2 Å². The maximum absolute atomic E-state index is 13.1. The summed E-state index contributed by atoms with van der Waals surface area (Å²) >= 11 is 5.67. The zero-order chi connectivity index (χ0) is 18.4. The molecule has 0 aliphatic heterocycles. The monoisotopic (exact) mass is 367 g/mol. The summed E-state index contributed by atoms with van der Waals surface area (Å²) in [6, 6.07) is 9.06.